The molecule has 16 heavy (non-hydrogen) atoms. The van der Waals surface area contributed by atoms with E-state index in [1.165, 1.54) is 0 Å². The van der Waals surface area contributed by atoms with Crippen LogP contribution in [-0.4, -0.2) is 29.1 Å². The number of carbonyl (C=O) groups is 1. The Bertz CT molecular complexity index is 308. The number of nitrogens with one attached hydrogen (secondary N) is 1. The van der Waals surface area contributed by atoms with Gasteiger partial charge in [-0.15, -0.1) is 0 Å². The number of thioether (sulfide) groups is 1. The molecule has 1 rings (SSSR count). The fraction of sp³-hybridized carbons (Fsp3) is 0.364. The third kappa shape index (κ3) is 5.02. The van der Waals surface area contributed by atoms with Crippen molar-refractivity contribution >= 4 is 23.4 Å². The predicted molar refractivity (Wildman–Crippen MR) is 67.0 cm³/mol. The van der Waals surface area contributed by atoms with Gasteiger partial charge >= 0.3 is 5.97 Å². The Kier molecular flexibility index (Phi) is 7.37. The van der Waals surface area contributed by atoms with Gasteiger partial charge in [0.25, 0.3) is 0 Å². The first-order valence-corrected chi connectivity index (χ1v) is 6.16. The van der Waals surface area contributed by atoms with E-state index in [0.29, 0.717) is 6.42 Å². The topological polar surface area (TPSA) is 49.3 Å². The van der Waals surface area contributed by atoms with Gasteiger partial charge in [-0.1, -0.05) is 18.2 Å². The largest absolute Gasteiger partial charge is 0.480 e. The molecule has 90 valence electrons. The third-order valence-corrected chi connectivity index (χ3v) is 2.67. The lowest BCUT2D eigenvalue weighted by molar-refractivity contribution is -0.137. The first-order chi connectivity index (χ1) is 7.24. The minimum absolute atomic E-state index is 0. The molecule has 0 aliphatic heterocycles. The van der Waals surface area contributed by atoms with Gasteiger partial charge in [-0.2, -0.15) is 11.8 Å². The smallest absolute Gasteiger partial charge is 0.326 e. The number of halogens is 1. The van der Waals surface area contributed by atoms with Crippen molar-refractivity contribution in [3.8, 4) is 0 Å². The van der Waals surface area contributed by atoms with Crippen LogP contribution in [-0.2, 0) is 4.79 Å². The van der Waals surface area contributed by atoms with E-state index in [1.54, 1.807) is 11.8 Å². The van der Waals surface area contributed by atoms with E-state index in [0.717, 1.165) is 11.4 Å². The van der Waals surface area contributed by atoms with Gasteiger partial charge in [0.15, 0.2) is 0 Å². The number of carboxylic acids is 1. The molecule has 0 radical (unpaired) electrons. The average molecular weight is 245 g/mol. The molecule has 0 saturated heterocycles. The summed E-state index contributed by atoms with van der Waals surface area (Å²) < 4.78 is 0. The molecule has 0 aliphatic carbocycles. The molecular formula is C11H16FNO2S. The molecular weight excluding hydrogens is 229 g/mol. The van der Waals surface area contributed by atoms with Crippen LogP contribution in [0.5, 0.6) is 0 Å². The monoisotopic (exact) mass is 245 g/mol. The molecule has 1 unspecified atom stereocenters. The van der Waals surface area contributed by atoms with Crippen LogP contribution in [0.2, 0.25) is 0 Å². The summed E-state index contributed by atoms with van der Waals surface area (Å²) in [5, 5.41) is 12.0. The lowest BCUT2D eigenvalue weighted by atomic mass is 10.2. The molecule has 0 saturated carbocycles. The molecule has 1 aromatic carbocycles. The number of hydrogen-bond acceptors (Lipinski definition) is 3. The molecule has 5 heteroatoms. The van der Waals surface area contributed by atoms with Crippen LogP contribution in [0, 0.1) is 0 Å². The summed E-state index contributed by atoms with van der Waals surface area (Å²) in [5.41, 5.74) is 0.853. The number of anilines is 1. The van der Waals surface area contributed by atoms with Crippen LogP contribution in [0.3, 0.4) is 0 Å². The van der Waals surface area contributed by atoms with Gasteiger partial charge in [0, 0.05) is 5.69 Å². The van der Waals surface area contributed by atoms with Crippen molar-refractivity contribution in [3.05, 3.63) is 30.3 Å². The first kappa shape index (κ1) is 14.8. The SMILES string of the molecule is CSCCC(Nc1ccccc1)C(=O)O.F. The second-order valence-corrected chi connectivity index (χ2v) is 4.17. The molecule has 2 N–H and O–H groups in total. The average Bonchev–Trinajstić information content (AvgIpc) is 2.25. The Hall–Kier alpha value is -1.23. The van der Waals surface area contributed by atoms with Crippen molar-refractivity contribution in [2.45, 2.75) is 12.5 Å². The van der Waals surface area contributed by atoms with Crippen LogP contribution in [0.15, 0.2) is 30.3 Å². The van der Waals surface area contributed by atoms with E-state index >= 15 is 0 Å². The molecule has 0 fully saturated rings. The van der Waals surface area contributed by atoms with Crippen LogP contribution in [0.25, 0.3) is 0 Å². The predicted octanol–water partition coefficient (Wildman–Crippen LogP) is 2.46. The van der Waals surface area contributed by atoms with Gasteiger partial charge in [-0.05, 0) is 30.6 Å². The standard InChI is InChI=1S/C11H15NO2S.FH/c1-15-8-7-10(11(13)14)12-9-5-3-2-4-6-9;/h2-6,10,12H,7-8H2,1H3,(H,13,14);1H. The molecule has 0 amide bonds. The lowest BCUT2D eigenvalue weighted by Gasteiger charge is -2.14. The summed E-state index contributed by atoms with van der Waals surface area (Å²) in [4.78, 5) is 10.9. The molecule has 0 heterocycles. The second kappa shape index (κ2) is 7.98. The van der Waals surface area contributed by atoms with Gasteiger partial charge in [0.1, 0.15) is 6.04 Å². The zero-order valence-electron chi connectivity index (χ0n) is 9.05. The van der Waals surface area contributed by atoms with Crippen molar-refractivity contribution in [1.29, 1.82) is 0 Å². The maximum Gasteiger partial charge on any atom is 0.326 e. The molecule has 0 aliphatic rings. The van der Waals surface area contributed by atoms with E-state index in [4.69, 9.17) is 5.11 Å². The van der Waals surface area contributed by atoms with Gasteiger partial charge in [-0.25, -0.2) is 4.79 Å². The van der Waals surface area contributed by atoms with Crippen molar-refractivity contribution in [2.75, 3.05) is 17.3 Å². The lowest BCUT2D eigenvalue weighted by Crippen LogP contribution is -2.29. The quantitative estimate of drug-likeness (QED) is 0.808. The Morgan fingerprint density at radius 3 is 2.56 bits per heavy atom. The molecule has 0 bridgehead atoms. The van der Waals surface area contributed by atoms with Crippen LogP contribution < -0.4 is 5.32 Å². The van der Waals surface area contributed by atoms with Crippen LogP contribution >= 0.6 is 11.8 Å². The summed E-state index contributed by atoms with van der Waals surface area (Å²) in [5.74, 6) is 0.0458. The van der Waals surface area contributed by atoms with Crippen LogP contribution in [0.4, 0.5) is 10.4 Å². The van der Waals surface area contributed by atoms with Gasteiger partial charge in [0.2, 0.25) is 0 Å². The fourth-order valence-electron chi connectivity index (χ4n) is 1.23. The Morgan fingerprint density at radius 2 is 2.06 bits per heavy atom. The van der Waals surface area contributed by atoms with Gasteiger partial charge in [-0.3, -0.25) is 4.70 Å². The summed E-state index contributed by atoms with van der Waals surface area (Å²) in [7, 11) is 0. The fourth-order valence-corrected chi connectivity index (χ4v) is 1.70. The van der Waals surface area contributed by atoms with Crippen molar-refractivity contribution in [2.24, 2.45) is 0 Å². The molecule has 3 nitrogen and oxygen atoms in total. The molecule has 1 aromatic rings. The highest BCUT2D eigenvalue weighted by molar-refractivity contribution is 7.98. The summed E-state index contributed by atoms with van der Waals surface area (Å²) in [6, 6.07) is 8.92. The Labute approximate surface area is 98.6 Å². The van der Waals surface area contributed by atoms with Gasteiger partial charge in [0.05, 0.1) is 0 Å². The highest BCUT2D eigenvalue weighted by Gasteiger charge is 2.15. The normalized spacial score (nSPS) is 11.3. The minimum atomic E-state index is -0.798. The highest BCUT2D eigenvalue weighted by Crippen LogP contribution is 2.10. The van der Waals surface area contributed by atoms with E-state index < -0.39 is 12.0 Å². The Balaban J connectivity index is 0.00000225. The van der Waals surface area contributed by atoms with Gasteiger partial charge < -0.3 is 10.4 Å². The van der Waals surface area contributed by atoms with Crippen molar-refractivity contribution < 1.29 is 14.6 Å². The number of benzene rings is 1. The van der Waals surface area contributed by atoms with E-state index in [1.807, 2.05) is 36.6 Å². The maximum absolute atomic E-state index is 10.9. The summed E-state index contributed by atoms with van der Waals surface area (Å²) >= 11 is 1.65. The summed E-state index contributed by atoms with van der Waals surface area (Å²) in [6.07, 6.45) is 2.60. The van der Waals surface area contributed by atoms with Crippen molar-refractivity contribution in [1.82, 2.24) is 0 Å². The second-order valence-electron chi connectivity index (χ2n) is 3.18. The molecule has 0 spiro atoms. The van der Waals surface area contributed by atoms with E-state index in [2.05, 4.69) is 5.32 Å². The maximum atomic E-state index is 10.9. The minimum Gasteiger partial charge on any atom is -0.480 e. The van der Waals surface area contributed by atoms with E-state index in [9.17, 15) is 4.79 Å². The first-order valence-electron chi connectivity index (χ1n) is 4.77. The third-order valence-electron chi connectivity index (χ3n) is 2.02. The number of rotatable bonds is 6. The zero-order chi connectivity index (χ0) is 11.1. The van der Waals surface area contributed by atoms with Crippen molar-refractivity contribution in [3.63, 3.8) is 0 Å². The zero-order valence-corrected chi connectivity index (χ0v) is 9.87. The van der Waals surface area contributed by atoms with Crippen LogP contribution in [0.1, 0.15) is 6.42 Å². The highest BCUT2D eigenvalue weighted by atomic mass is 32.2. The molecule has 0 aromatic heterocycles. The number of para-hydroxylation sites is 1. The number of hydrogen-bond donors (Lipinski definition) is 2. The number of carboxylic acid groups (broad SMARTS) is 1. The number of aliphatic carboxylic acids is 1. The molecule has 1 atom stereocenters. The Morgan fingerprint density at radius 1 is 1.44 bits per heavy atom. The van der Waals surface area contributed by atoms with E-state index in [-0.39, 0.29) is 4.70 Å². The summed E-state index contributed by atoms with van der Waals surface area (Å²) in [6.45, 7) is 0.